The van der Waals surface area contributed by atoms with Gasteiger partial charge in [0.2, 0.25) is 0 Å². The SMILES string of the molecule is CCOC(=O)c1c(C)n(C)c2ccc(OCC)cc12. The number of benzene rings is 1. The van der Waals surface area contributed by atoms with E-state index in [4.69, 9.17) is 9.47 Å². The molecule has 0 spiro atoms. The minimum Gasteiger partial charge on any atom is -0.494 e. The predicted molar refractivity (Wildman–Crippen MR) is 74.8 cm³/mol. The van der Waals surface area contributed by atoms with Gasteiger partial charge in [-0.15, -0.1) is 0 Å². The standard InChI is InChI=1S/C15H19NO3/c1-5-18-11-7-8-13-12(9-11)14(10(3)16(13)4)15(17)19-6-2/h7-9H,5-6H2,1-4H3. The zero-order chi connectivity index (χ0) is 14.0. The molecule has 0 aliphatic heterocycles. The van der Waals surface area contributed by atoms with Crippen LogP contribution < -0.4 is 4.74 Å². The van der Waals surface area contributed by atoms with Crippen LogP contribution >= 0.6 is 0 Å². The Bertz CT molecular complexity index is 613. The lowest BCUT2D eigenvalue weighted by atomic mass is 10.1. The molecule has 102 valence electrons. The van der Waals surface area contributed by atoms with Crippen molar-refractivity contribution in [3.8, 4) is 5.75 Å². The first-order valence-corrected chi connectivity index (χ1v) is 6.49. The number of aromatic nitrogens is 1. The molecule has 4 nitrogen and oxygen atoms in total. The number of ether oxygens (including phenoxy) is 2. The molecule has 19 heavy (non-hydrogen) atoms. The average molecular weight is 261 g/mol. The van der Waals surface area contributed by atoms with Gasteiger partial charge < -0.3 is 14.0 Å². The normalized spacial score (nSPS) is 10.7. The van der Waals surface area contributed by atoms with Gasteiger partial charge in [-0.2, -0.15) is 0 Å². The zero-order valence-electron chi connectivity index (χ0n) is 11.8. The van der Waals surface area contributed by atoms with Crippen molar-refractivity contribution in [2.75, 3.05) is 13.2 Å². The highest BCUT2D eigenvalue weighted by atomic mass is 16.5. The first-order valence-electron chi connectivity index (χ1n) is 6.49. The molecule has 2 rings (SSSR count). The lowest BCUT2D eigenvalue weighted by Crippen LogP contribution is -2.06. The molecule has 0 amide bonds. The fourth-order valence-electron chi connectivity index (χ4n) is 2.27. The van der Waals surface area contributed by atoms with Crippen LogP contribution in [0.4, 0.5) is 0 Å². The predicted octanol–water partition coefficient (Wildman–Crippen LogP) is 3.06. The fourth-order valence-corrected chi connectivity index (χ4v) is 2.27. The molecule has 0 atom stereocenters. The van der Waals surface area contributed by atoms with Crippen LogP contribution in [-0.2, 0) is 11.8 Å². The van der Waals surface area contributed by atoms with Gasteiger partial charge in [0.1, 0.15) is 5.75 Å². The summed E-state index contributed by atoms with van der Waals surface area (Å²) in [5.74, 6) is 0.491. The summed E-state index contributed by atoms with van der Waals surface area (Å²) >= 11 is 0. The molecule has 4 heteroatoms. The molecule has 0 saturated carbocycles. The molecule has 1 heterocycles. The number of rotatable bonds is 4. The summed E-state index contributed by atoms with van der Waals surface area (Å²) < 4.78 is 12.6. The third kappa shape index (κ3) is 2.30. The molecule has 0 unspecified atom stereocenters. The molecular weight excluding hydrogens is 242 g/mol. The van der Waals surface area contributed by atoms with Gasteiger partial charge in [0, 0.05) is 23.6 Å². The lowest BCUT2D eigenvalue weighted by molar-refractivity contribution is 0.0527. The summed E-state index contributed by atoms with van der Waals surface area (Å²) in [4.78, 5) is 12.1. The molecule has 1 aromatic carbocycles. The number of nitrogens with zero attached hydrogens (tertiary/aromatic N) is 1. The van der Waals surface area contributed by atoms with Crippen molar-refractivity contribution in [1.82, 2.24) is 4.57 Å². The van der Waals surface area contributed by atoms with Gasteiger partial charge in [-0.3, -0.25) is 0 Å². The molecule has 0 fully saturated rings. The summed E-state index contributed by atoms with van der Waals surface area (Å²) in [6, 6.07) is 5.79. The number of fused-ring (bicyclic) bond motifs is 1. The van der Waals surface area contributed by atoms with E-state index in [-0.39, 0.29) is 5.97 Å². The van der Waals surface area contributed by atoms with Crippen LogP contribution in [0.2, 0.25) is 0 Å². The van der Waals surface area contributed by atoms with Gasteiger partial charge in [-0.1, -0.05) is 0 Å². The van der Waals surface area contributed by atoms with Gasteiger partial charge in [0.15, 0.2) is 0 Å². The second kappa shape index (κ2) is 5.34. The zero-order valence-corrected chi connectivity index (χ0v) is 11.8. The highest BCUT2D eigenvalue weighted by molar-refractivity contribution is 6.06. The van der Waals surface area contributed by atoms with E-state index in [0.29, 0.717) is 18.8 Å². The number of carbonyl (C=O) groups excluding carboxylic acids is 1. The Morgan fingerprint density at radius 1 is 1.26 bits per heavy atom. The van der Waals surface area contributed by atoms with E-state index in [2.05, 4.69) is 0 Å². The summed E-state index contributed by atoms with van der Waals surface area (Å²) in [5.41, 5.74) is 2.53. The highest BCUT2D eigenvalue weighted by Gasteiger charge is 2.19. The van der Waals surface area contributed by atoms with Crippen LogP contribution in [0.1, 0.15) is 29.9 Å². The van der Waals surface area contributed by atoms with Crippen molar-refractivity contribution in [1.29, 1.82) is 0 Å². The molecule has 0 aliphatic rings. The average Bonchev–Trinajstić information content (AvgIpc) is 2.62. The van der Waals surface area contributed by atoms with Crippen molar-refractivity contribution >= 4 is 16.9 Å². The Kier molecular flexibility index (Phi) is 3.79. The number of aryl methyl sites for hydroxylation is 1. The minimum atomic E-state index is -0.278. The summed E-state index contributed by atoms with van der Waals surface area (Å²) in [6.45, 7) is 6.65. The number of hydrogen-bond acceptors (Lipinski definition) is 3. The molecule has 0 N–H and O–H groups in total. The Morgan fingerprint density at radius 3 is 2.63 bits per heavy atom. The van der Waals surface area contributed by atoms with E-state index in [1.807, 2.05) is 50.6 Å². The summed E-state index contributed by atoms with van der Waals surface area (Å²) in [5, 5.41) is 0.879. The van der Waals surface area contributed by atoms with Gasteiger partial charge in [0.25, 0.3) is 0 Å². The molecule has 0 aliphatic carbocycles. The Balaban J connectivity index is 2.63. The monoisotopic (exact) mass is 261 g/mol. The quantitative estimate of drug-likeness (QED) is 0.794. The number of hydrogen-bond donors (Lipinski definition) is 0. The maximum Gasteiger partial charge on any atom is 0.340 e. The van der Waals surface area contributed by atoms with Crippen LogP contribution in [0.3, 0.4) is 0 Å². The van der Waals surface area contributed by atoms with Crippen LogP contribution in [0.15, 0.2) is 18.2 Å². The van der Waals surface area contributed by atoms with Crippen molar-refractivity contribution in [2.45, 2.75) is 20.8 Å². The van der Waals surface area contributed by atoms with Gasteiger partial charge in [-0.05, 0) is 39.0 Å². The van der Waals surface area contributed by atoms with E-state index in [9.17, 15) is 4.79 Å². The van der Waals surface area contributed by atoms with Crippen molar-refractivity contribution < 1.29 is 14.3 Å². The molecule has 2 aromatic rings. The molecular formula is C15H19NO3. The van der Waals surface area contributed by atoms with Crippen molar-refractivity contribution in [3.05, 3.63) is 29.5 Å². The number of esters is 1. The van der Waals surface area contributed by atoms with Gasteiger partial charge in [-0.25, -0.2) is 4.79 Å². The van der Waals surface area contributed by atoms with Crippen molar-refractivity contribution in [2.24, 2.45) is 7.05 Å². The third-order valence-electron chi connectivity index (χ3n) is 3.25. The summed E-state index contributed by atoms with van der Waals surface area (Å²) in [6.07, 6.45) is 0. The largest absolute Gasteiger partial charge is 0.494 e. The molecule has 0 bridgehead atoms. The molecule has 0 radical (unpaired) electrons. The van der Waals surface area contributed by atoms with Crippen molar-refractivity contribution in [3.63, 3.8) is 0 Å². The maximum atomic E-state index is 12.1. The lowest BCUT2D eigenvalue weighted by Gasteiger charge is -2.04. The smallest absolute Gasteiger partial charge is 0.340 e. The molecule has 0 saturated heterocycles. The Hall–Kier alpha value is -1.97. The van der Waals surface area contributed by atoms with Crippen LogP contribution in [0.5, 0.6) is 5.75 Å². The number of carbonyl (C=O) groups is 1. The van der Waals surface area contributed by atoms with Crippen LogP contribution in [0, 0.1) is 6.92 Å². The van der Waals surface area contributed by atoms with E-state index >= 15 is 0 Å². The second-order valence-corrected chi connectivity index (χ2v) is 4.35. The minimum absolute atomic E-state index is 0.278. The van der Waals surface area contributed by atoms with Crippen LogP contribution in [-0.4, -0.2) is 23.8 Å². The molecule has 1 aromatic heterocycles. The summed E-state index contributed by atoms with van der Waals surface area (Å²) in [7, 11) is 1.95. The maximum absolute atomic E-state index is 12.1. The fraction of sp³-hybridized carbons (Fsp3) is 0.400. The van der Waals surface area contributed by atoms with Crippen LogP contribution in [0.25, 0.3) is 10.9 Å². The second-order valence-electron chi connectivity index (χ2n) is 4.35. The highest BCUT2D eigenvalue weighted by Crippen LogP contribution is 2.29. The Morgan fingerprint density at radius 2 is 2.00 bits per heavy atom. The topological polar surface area (TPSA) is 40.5 Å². The first kappa shape index (κ1) is 13.5. The van der Waals surface area contributed by atoms with Gasteiger partial charge in [0.05, 0.1) is 18.8 Å². The third-order valence-corrected chi connectivity index (χ3v) is 3.25. The van der Waals surface area contributed by atoms with Gasteiger partial charge >= 0.3 is 5.97 Å². The van der Waals surface area contributed by atoms with E-state index in [1.165, 1.54) is 0 Å². The van der Waals surface area contributed by atoms with E-state index in [0.717, 1.165) is 22.3 Å². The Labute approximate surface area is 112 Å². The first-order chi connectivity index (χ1) is 9.10. The van der Waals surface area contributed by atoms with E-state index < -0.39 is 0 Å². The van der Waals surface area contributed by atoms with E-state index in [1.54, 1.807) is 0 Å².